The van der Waals surface area contributed by atoms with Crippen LogP contribution in [0.2, 0.25) is 0 Å². The van der Waals surface area contributed by atoms with Gasteiger partial charge in [-0.15, -0.1) is 0 Å². The number of hydrogen-bond acceptors (Lipinski definition) is 8. The molecule has 0 radical (unpaired) electrons. The minimum Gasteiger partial charge on any atom is -0.756 e. The fourth-order valence-electron chi connectivity index (χ4n) is 7.01. The molecule has 0 fully saturated rings. The van der Waals surface area contributed by atoms with Gasteiger partial charge in [-0.2, -0.15) is 0 Å². The molecule has 382 valence electrons. The summed E-state index contributed by atoms with van der Waals surface area (Å²) in [6, 6.07) is 0. The van der Waals surface area contributed by atoms with E-state index in [2.05, 4.69) is 86.8 Å². The highest BCUT2D eigenvalue weighted by Crippen LogP contribution is 2.38. The summed E-state index contributed by atoms with van der Waals surface area (Å²) in [4.78, 5) is 37.7. The third-order valence-corrected chi connectivity index (χ3v) is 12.1. The number of carbonyl (C=O) groups is 2. The SMILES string of the molecule is CCCCC/C=C/C/C=C/C/C=C/C/C=C/CCCCCC(=O)OC[C@H](COP(=O)([O-])OCC[N+](C)(C)C)OC(=O)CCC/C=C/CC/C=C/CCCCCCCCCCCCCCCC. The Morgan fingerprint density at radius 3 is 1.35 bits per heavy atom. The summed E-state index contributed by atoms with van der Waals surface area (Å²) in [7, 11) is 1.12. The highest BCUT2D eigenvalue weighted by Gasteiger charge is 2.21. The molecule has 2 atom stereocenters. The Balaban J connectivity index is 4.35. The van der Waals surface area contributed by atoms with Crippen molar-refractivity contribution < 1.29 is 42.1 Å². The molecule has 0 bridgehead atoms. The monoisotopic (exact) mass is 946 g/mol. The van der Waals surface area contributed by atoms with Gasteiger partial charge < -0.3 is 27.9 Å². The highest BCUT2D eigenvalue weighted by atomic mass is 31.2. The summed E-state index contributed by atoms with van der Waals surface area (Å²) >= 11 is 0. The molecular formula is C56H100NO8P. The molecule has 0 aromatic rings. The summed E-state index contributed by atoms with van der Waals surface area (Å²) in [5.74, 6) is -0.920. The number of unbranched alkanes of at least 4 members (excludes halogenated alkanes) is 22. The van der Waals surface area contributed by atoms with E-state index in [9.17, 15) is 19.0 Å². The molecule has 0 aliphatic rings. The molecule has 66 heavy (non-hydrogen) atoms. The molecular weight excluding hydrogens is 846 g/mol. The Labute approximate surface area is 406 Å². The topological polar surface area (TPSA) is 111 Å². The summed E-state index contributed by atoms with van der Waals surface area (Å²) < 4.78 is 34.0. The third-order valence-electron chi connectivity index (χ3n) is 11.2. The second-order valence-electron chi connectivity index (χ2n) is 18.9. The zero-order chi connectivity index (χ0) is 48.5. The zero-order valence-corrected chi connectivity index (χ0v) is 44.0. The van der Waals surface area contributed by atoms with Crippen LogP contribution in [-0.2, 0) is 32.7 Å². The number of rotatable bonds is 48. The lowest BCUT2D eigenvalue weighted by Gasteiger charge is -2.28. The van der Waals surface area contributed by atoms with Gasteiger partial charge in [0.25, 0.3) is 7.82 Å². The van der Waals surface area contributed by atoms with Crippen molar-refractivity contribution in [3.63, 3.8) is 0 Å². The number of phosphoric acid groups is 1. The molecule has 0 spiro atoms. The molecule has 0 saturated carbocycles. The van der Waals surface area contributed by atoms with E-state index < -0.39 is 32.5 Å². The molecule has 0 aromatic carbocycles. The van der Waals surface area contributed by atoms with Crippen molar-refractivity contribution in [1.29, 1.82) is 0 Å². The van der Waals surface area contributed by atoms with Gasteiger partial charge in [0.05, 0.1) is 27.7 Å². The first kappa shape index (κ1) is 63.5. The van der Waals surface area contributed by atoms with Gasteiger partial charge in [0, 0.05) is 12.8 Å². The van der Waals surface area contributed by atoms with Gasteiger partial charge in [-0.25, -0.2) is 0 Å². The number of hydrogen-bond donors (Lipinski definition) is 0. The van der Waals surface area contributed by atoms with Crippen LogP contribution in [0.5, 0.6) is 0 Å². The van der Waals surface area contributed by atoms with E-state index in [4.69, 9.17) is 18.5 Å². The maximum atomic E-state index is 12.7. The van der Waals surface area contributed by atoms with Crippen molar-refractivity contribution >= 4 is 19.8 Å². The fraction of sp³-hybridized carbons (Fsp3) is 0.750. The van der Waals surface area contributed by atoms with E-state index >= 15 is 0 Å². The molecule has 1 unspecified atom stereocenters. The number of quaternary nitrogens is 1. The number of carbonyl (C=O) groups excluding carboxylic acids is 2. The number of allylic oxidation sites excluding steroid dienone is 12. The normalized spacial score (nSPS) is 14.0. The predicted molar refractivity (Wildman–Crippen MR) is 277 cm³/mol. The van der Waals surface area contributed by atoms with E-state index in [1.807, 2.05) is 21.1 Å². The standard InChI is InChI=1S/C56H100NO8P/c1-6-8-10-12-14-16-18-20-22-24-26-27-28-29-31-33-35-37-39-41-43-45-47-49-56(59)65-54(53-64-66(60,61)63-51-50-57(3,4)5)52-62-55(58)48-46-44-42-40-38-36-34-32-30-25-23-21-19-17-15-13-11-9-7-2/h15,17,21,23,30,32-33,35-36,38,41,43,54H,6-14,16,18-20,22,24-29,31,34,37,39-40,42,44-53H2,1-5H3/b17-15+,23-21+,32-30+,35-33+,38-36+,43-41+/t54-/m1/s1. The average Bonchev–Trinajstić information content (AvgIpc) is 3.27. The summed E-state index contributed by atoms with van der Waals surface area (Å²) in [6.45, 7) is 4.13. The van der Waals surface area contributed by atoms with Crippen molar-refractivity contribution in [2.24, 2.45) is 0 Å². The first-order chi connectivity index (χ1) is 32.0. The lowest BCUT2D eigenvalue weighted by atomic mass is 10.0. The average molecular weight is 946 g/mol. The van der Waals surface area contributed by atoms with Crippen LogP contribution in [0, 0.1) is 0 Å². The number of phosphoric ester groups is 1. The maximum absolute atomic E-state index is 12.7. The molecule has 0 rings (SSSR count). The van der Waals surface area contributed by atoms with E-state index in [-0.39, 0.29) is 26.1 Å². The van der Waals surface area contributed by atoms with E-state index in [0.29, 0.717) is 23.9 Å². The van der Waals surface area contributed by atoms with Gasteiger partial charge in [-0.3, -0.25) is 14.2 Å². The van der Waals surface area contributed by atoms with E-state index in [1.165, 1.54) is 116 Å². The Kier molecular flexibility index (Phi) is 45.7. The van der Waals surface area contributed by atoms with Crippen molar-refractivity contribution in [2.75, 3.05) is 47.5 Å². The van der Waals surface area contributed by atoms with Crippen LogP contribution in [0.1, 0.15) is 219 Å². The first-order valence-corrected chi connectivity index (χ1v) is 28.1. The third kappa shape index (κ3) is 50.9. The van der Waals surface area contributed by atoms with Gasteiger partial charge in [0.15, 0.2) is 6.10 Å². The largest absolute Gasteiger partial charge is 0.756 e. The second-order valence-corrected chi connectivity index (χ2v) is 20.3. The fourth-order valence-corrected chi connectivity index (χ4v) is 7.74. The van der Waals surface area contributed by atoms with Gasteiger partial charge >= 0.3 is 11.9 Å². The number of likely N-dealkylation sites (N-methyl/N-ethyl adjacent to an activating group) is 1. The first-order valence-electron chi connectivity index (χ1n) is 26.6. The van der Waals surface area contributed by atoms with Gasteiger partial charge in [0.1, 0.15) is 19.8 Å². The minimum absolute atomic E-state index is 0.0462. The molecule has 0 aliphatic carbocycles. The van der Waals surface area contributed by atoms with Crippen molar-refractivity contribution in [3.8, 4) is 0 Å². The van der Waals surface area contributed by atoms with Crippen LogP contribution in [0.4, 0.5) is 0 Å². The Hall–Kier alpha value is -2.55. The van der Waals surface area contributed by atoms with Crippen LogP contribution in [0.25, 0.3) is 0 Å². The maximum Gasteiger partial charge on any atom is 0.306 e. The Bertz CT molecular complexity index is 1350. The van der Waals surface area contributed by atoms with Crippen molar-refractivity contribution in [3.05, 3.63) is 72.9 Å². The number of ether oxygens (including phenoxy) is 2. The van der Waals surface area contributed by atoms with Crippen LogP contribution in [0.15, 0.2) is 72.9 Å². The second kappa shape index (κ2) is 47.5. The van der Waals surface area contributed by atoms with Gasteiger partial charge in [0.2, 0.25) is 0 Å². The quantitative estimate of drug-likeness (QED) is 0.0195. The van der Waals surface area contributed by atoms with E-state index in [0.717, 1.165) is 64.2 Å². The summed E-state index contributed by atoms with van der Waals surface area (Å²) in [6.07, 6.45) is 61.0. The Morgan fingerprint density at radius 1 is 0.470 bits per heavy atom. The number of esters is 2. The zero-order valence-electron chi connectivity index (χ0n) is 43.1. The molecule has 0 heterocycles. The molecule has 10 heteroatoms. The molecule has 0 amide bonds. The van der Waals surface area contributed by atoms with Gasteiger partial charge in [-0.05, 0) is 89.9 Å². The van der Waals surface area contributed by atoms with Crippen LogP contribution in [0.3, 0.4) is 0 Å². The lowest BCUT2D eigenvalue weighted by Crippen LogP contribution is -2.37. The van der Waals surface area contributed by atoms with Gasteiger partial charge in [-0.1, -0.05) is 189 Å². The van der Waals surface area contributed by atoms with Crippen molar-refractivity contribution in [2.45, 2.75) is 225 Å². The van der Waals surface area contributed by atoms with Crippen LogP contribution < -0.4 is 4.89 Å². The van der Waals surface area contributed by atoms with Crippen molar-refractivity contribution in [1.82, 2.24) is 0 Å². The molecule has 0 saturated heterocycles. The molecule has 9 nitrogen and oxygen atoms in total. The predicted octanol–water partition coefficient (Wildman–Crippen LogP) is 15.5. The number of nitrogens with zero attached hydrogens (tertiary/aromatic N) is 1. The molecule has 0 N–H and O–H groups in total. The van der Waals surface area contributed by atoms with E-state index in [1.54, 1.807) is 0 Å². The summed E-state index contributed by atoms with van der Waals surface area (Å²) in [5.41, 5.74) is 0. The lowest BCUT2D eigenvalue weighted by molar-refractivity contribution is -0.870. The smallest absolute Gasteiger partial charge is 0.306 e. The molecule has 0 aromatic heterocycles. The minimum atomic E-state index is -4.65. The van der Waals surface area contributed by atoms with Crippen LogP contribution in [-0.4, -0.2) is 70.0 Å². The summed E-state index contributed by atoms with van der Waals surface area (Å²) in [5, 5.41) is 0. The molecule has 0 aliphatic heterocycles. The highest BCUT2D eigenvalue weighted by molar-refractivity contribution is 7.45. The Morgan fingerprint density at radius 2 is 0.848 bits per heavy atom. The van der Waals surface area contributed by atoms with Crippen LogP contribution >= 0.6 is 7.82 Å².